The average Bonchev–Trinajstić information content (AvgIpc) is 1.37. The molecule has 3 aliphatic rings. The van der Waals surface area contributed by atoms with Gasteiger partial charge in [0, 0.05) is 67.5 Å². The Balaban J connectivity index is 1.02. The van der Waals surface area contributed by atoms with Gasteiger partial charge in [-0.05, 0) is 97.1 Å². The molecule has 4 aromatic carbocycles. The molecular weight excluding hydrogens is 1420 g/mol. The van der Waals surface area contributed by atoms with E-state index in [-0.39, 0.29) is 84.4 Å². The first kappa shape index (κ1) is 87.5. The van der Waals surface area contributed by atoms with Gasteiger partial charge in [-0.2, -0.15) is 0 Å². The van der Waals surface area contributed by atoms with Crippen LogP contribution in [0.25, 0.3) is 11.1 Å². The number of hydrogen-bond donors (Lipinski definition) is 5. The molecule has 15 atom stereocenters. The summed E-state index contributed by atoms with van der Waals surface area (Å²) in [6.07, 6.45) is -9.76. The van der Waals surface area contributed by atoms with Gasteiger partial charge in [0.1, 0.15) is 37.8 Å². The number of esters is 4. The zero-order valence-electron chi connectivity index (χ0n) is 66.0. The summed E-state index contributed by atoms with van der Waals surface area (Å²) in [6.45, 7) is 17.6. The molecule has 0 spiro atoms. The lowest BCUT2D eigenvalue weighted by Crippen LogP contribution is -2.61. The summed E-state index contributed by atoms with van der Waals surface area (Å²) in [5.41, 5.74) is 4.90. The monoisotopic (exact) mass is 1530 g/mol. The van der Waals surface area contributed by atoms with Gasteiger partial charge in [0.2, 0.25) is 48.2 Å². The van der Waals surface area contributed by atoms with Crippen LogP contribution in [0, 0.1) is 29.6 Å². The SMILES string of the molecule is CC[C@H](C)[C@@H]([C@@H](CC(=O)N1CCC[C@H]1[C@H](OC)[C@@H](C)C(=O)N[C@H](C)[C@@H](OCNC(=O)OCc1ccc(O[C@H]2O[C@@H](OC(C)=O)[C@H](OC(C)=O)[C@@H](OC(C)=O)[C@@H]2C(=O)OC)c(NC(=O)CCNC(=O)OCC2c3ccccc3-c3ccccc32)c1)c1ccccc1)OC)N(C)C(=O)[C@@H](NC(=O)[C@H](C(C)C)N(C)C)C(C)C. The molecule has 0 bridgehead atoms. The lowest BCUT2D eigenvalue weighted by atomic mass is 9.89. The number of amides is 7. The number of likely N-dealkylation sites (tertiary alicyclic amines) is 1. The zero-order valence-corrected chi connectivity index (χ0v) is 66.0. The van der Waals surface area contributed by atoms with Crippen LogP contribution in [0.15, 0.2) is 97.1 Å². The van der Waals surface area contributed by atoms with Crippen molar-refractivity contribution in [1.29, 1.82) is 0 Å². The minimum absolute atomic E-state index is 0.0189. The number of nitrogens with one attached hydrogen (secondary N) is 5. The van der Waals surface area contributed by atoms with Gasteiger partial charge in [0.05, 0.1) is 61.5 Å². The van der Waals surface area contributed by atoms with Crippen LogP contribution in [0.3, 0.4) is 0 Å². The first-order chi connectivity index (χ1) is 52.3. The highest BCUT2D eigenvalue weighted by Crippen LogP contribution is 2.45. The fourth-order valence-corrected chi connectivity index (χ4v) is 14.7. The average molecular weight is 1540 g/mol. The normalized spacial score (nSPS) is 19.8. The molecule has 0 radical (unpaired) electrons. The third-order valence-electron chi connectivity index (χ3n) is 20.1. The largest absolute Gasteiger partial charge is 0.469 e. The Morgan fingerprint density at radius 2 is 1.29 bits per heavy atom. The number of rotatable bonds is 37. The van der Waals surface area contributed by atoms with Crippen LogP contribution in [-0.4, -0.2) is 216 Å². The molecule has 110 heavy (non-hydrogen) atoms. The predicted molar refractivity (Wildman–Crippen MR) is 402 cm³/mol. The lowest BCUT2D eigenvalue weighted by Gasteiger charge is -2.43. The summed E-state index contributed by atoms with van der Waals surface area (Å²) in [5, 5.41) is 14.0. The summed E-state index contributed by atoms with van der Waals surface area (Å²) in [7, 11) is 9.40. The summed E-state index contributed by atoms with van der Waals surface area (Å²) in [4.78, 5) is 154. The number of carbonyl (C=O) groups is 11. The van der Waals surface area contributed by atoms with E-state index in [1.54, 1.807) is 55.0 Å². The molecule has 7 rings (SSSR count). The number of hydrogen-bond acceptors (Lipinski definition) is 23. The van der Waals surface area contributed by atoms with Crippen LogP contribution >= 0.6 is 0 Å². The second-order valence-corrected chi connectivity index (χ2v) is 28.8. The van der Waals surface area contributed by atoms with Crippen LogP contribution in [0.1, 0.15) is 143 Å². The topological polar surface area (TPSA) is 359 Å². The van der Waals surface area contributed by atoms with Crippen molar-refractivity contribution in [2.24, 2.45) is 29.6 Å². The van der Waals surface area contributed by atoms with Crippen molar-refractivity contribution in [1.82, 2.24) is 36.0 Å². The highest BCUT2D eigenvalue weighted by Gasteiger charge is 2.57. The second-order valence-electron chi connectivity index (χ2n) is 28.8. The van der Waals surface area contributed by atoms with Gasteiger partial charge in [-0.25, -0.2) is 9.59 Å². The molecule has 4 aromatic rings. The third kappa shape index (κ3) is 22.9. The Labute approximate surface area is 643 Å². The Kier molecular flexibility index (Phi) is 32.9. The van der Waals surface area contributed by atoms with E-state index in [4.69, 9.17) is 52.1 Å². The fourth-order valence-electron chi connectivity index (χ4n) is 14.7. The van der Waals surface area contributed by atoms with Gasteiger partial charge >= 0.3 is 36.1 Å². The van der Waals surface area contributed by atoms with Crippen LogP contribution < -0.4 is 31.3 Å². The van der Waals surface area contributed by atoms with Gasteiger partial charge < -0.3 is 78.4 Å². The smallest absolute Gasteiger partial charge is 0.409 e. The number of methoxy groups -OCH3 is 3. The molecule has 30 nitrogen and oxygen atoms in total. The fraction of sp³-hybridized carbons (Fsp3) is 0.562. The van der Waals surface area contributed by atoms with Crippen molar-refractivity contribution in [2.75, 3.05) is 74.2 Å². The molecule has 5 N–H and O–H groups in total. The number of ether oxygens (including phenoxy) is 11. The Bertz CT molecular complexity index is 3770. The van der Waals surface area contributed by atoms with Crippen molar-refractivity contribution in [3.8, 4) is 16.9 Å². The number of benzene rings is 4. The van der Waals surface area contributed by atoms with Crippen molar-refractivity contribution >= 4 is 71.3 Å². The molecule has 602 valence electrons. The predicted octanol–water partition coefficient (Wildman–Crippen LogP) is 7.92. The molecule has 2 heterocycles. The Morgan fingerprint density at radius 1 is 0.673 bits per heavy atom. The minimum atomic E-state index is -1.85. The number of fused-ring (bicyclic) bond motifs is 3. The molecule has 2 aliphatic heterocycles. The molecule has 2 fully saturated rings. The molecule has 7 amide bonds. The number of anilines is 1. The maximum Gasteiger partial charge on any atom is 0.409 e. The maximum absolute atomic E-state index is 14.7. The summed E-state index contributed by atoms with van der Waals surface area (Å²) in [6, 6.07) is 25.7. The van der Waals surface area contributed by atoms with E-state index in [2.05, 4.69) is 26.6 Å². The van der Waals surface area contributed by atoms with E-state index in [0.717, 1.165) is 50.1 Å². The van der Waals surface area contributed by atoms with E-state index in [9.17, 15) is 52.7 Å². The second kappa shape index (κ2) is 41.3. The van der Waals surface area contributed by atoms with Crippen molar-refractivity contribution in [3.05, 3.63) is 119 Å². The van der Waals surface area contributed by atoms with Crippen LogP contribution in [0.2, 0.25) is 0 Å². The van der Waals surface area contributed by atoms with Crippen LogP contribution in [0.4, 0.5) is 15.3 Å². The third-order valence-corrected chi connectivity index (χ3v) is 20.1. The highest BCUT2D eigenvalue weighted by molar-refractivity contribution is 5.93. The van der Waals surface area contributed by atoms with Crippen LogP contribution in [0.5, 0.6) is 5.75 Å². The molecule has 0 unspecified atom stereocenters. The lowest BCUT2D eigenvalue weighted by molar-refractivity contribution is -0.313. The highest BCUT2D eigenvalue weighted by atomic mass is 16.8. The molecular formula is C80H110N8O22. The van der Waals surface area contributed by atoms with E-state index >= 15 is 0 Å². The summed E-state index contributed by atoms with van der Waals surface area (Å²) < 4.78 is 63.5. The van der Waals surface area contributed by atoms with Gasteiger partial charge in [-0.3, -0.25) is 58.1 Å². The van der Waals surface area contributed by atoms with Crippen molar-refractivity contribution in [2.45, 2.75) is 194 Å². The first-order valence-corrected chi connectivity index (χ1v) is 37.2. The Morgan fingerprint density at radius 3 is 1.87 bits per heavy atom. The molecule has 0 saturated carbocycles. The van der Waals surface area contributed by atoms with Gasteiger partial charge in [-0.1, -0.05) is 140 Å². The molecule has 30 heteroatoms. The van der Waals surface area contributed by atoms with Crippen molar-refractivity contribution < 1.29 is 105 Å². The summed E-state index contributed by atoms with van der Waals surface area (Å²) >= 11 is 0. The van der Waals surface area contributed by atoms with Crippen LogP contribution in [-0.2, 0) is 97.1 Å². The van der Waals surface area contributed by atoms with E-state index in [1.807, 2.05) is 115 Å². The minimum Gasteiger partial charge on any atom is -0.469 e. The Hall–Kier alpha value is -9.75. The first-order valence-electron chi connectivity index (χ1n) is 37.2. The van der Waals surface area contributed by atoms with Gasteiger partial charge in [-0.15, -0.1) is 0 Å². The zero-order chi connectivity index (χ0) is 80.8. The molecule has 0 aromatic heterocycles. The van der Waals surface area contributed by atoms with Gasteiger partial charge in [0.15, 0.2) is 12.0 Å². The molecule has 1 aliphatic carbocycles. The van der Waals surface area contributed by atoms with Gasteiger partial charge in [0.25, 0.3) is 0 Å². The quantitative estimate of drug-likeness (QED) is 0.0162. The number of nitrogens with zero attached hydrogens (tertiary/aromatic N) is 3. The number of carbonyl (C=O) groups excluding carboxylic acids is 11. The van der Waals surface area contributed by atoms with Crippen molar-refractivity contribution in [3.63, 3.8) is 0 Å². The maximum atomic E-state index is 14.7. The standard InChI is InChI=1S/C80H110N8O22/c1-18-46(6)68(87(14)75(96)66(44(2)3)85-74(95)67(45(4)5)86(12)13)62(100-15)40-64(93)88-38-26-33-60(88)69(101-16)47(7)73(94)83-48(8)70(53-27-20-19-21-28-53)105-43-82-80(99)103-41-52-34-35-61(109-77-65(76(97)102-17)71(106-49(9)89)72(107-50(10)90)78(110-77)108-51(11)91)59(39-52)84-63(92)36-37-81-79(98)104-42-58-56-31-24-22-29-54(56)55-30-23-25-32-57(55)58/h19-25,27-32,34-35,39,44-48,58,60,62,65-72,77-78H,18,26,33,36-38,40-43H2,1-17H3,(H,81,98)(H,82,99)(H,83,94)(H,84,92)(H,85,95)/t46-,47+,48+,60-,62+,65+,66-,67-,68-,69+,70+,71-,72+,77-,78+/m0/s1. The van der Waals surface area contributed by atoms with E-state index < -0.39 is 146 Å². The van der Waals surface area contributed by atoms with E-state index in [0.29, 0.717) is 31.4 Å². The molecule has 2 saturated heterocycles. The summed E-state index contributed by atoms with van der Waals surface area (Å²) in [5.74, 6) is -9.08. The number of alkyl carbamates (subject to hydrolysis) is 2. The number of likely N-dealkylation sites (N-methyl/N-ethyl adjacent to an activating group) is 2. The van der Waals surface area contributed by atoms with E-state index in [1.165, 1.54) is 32.4 Å².